The Morgan fingerprint density at radius 3 is 2.47 bits per heavy atom. The molecule has 0 bridgehead atoms. The molecule has 0 saturated heterocycles. The molecule has 0 aliphatic heterocycles. The molecule has 238 valence electrons. The Balaban J connectivity index is 1.60. The lowest BCUT2D eigenvalue weighted by Gasteiger charge is -2.57. The molecular weight excluding hydrogens is 548 g/mol. The molecule has 10 heteroatoms. The Bertz CT molecular complexity index is 1230. The summed E-state index contributed by atoms with van der Waals surface area (Å²) in [5, 5.41) is 27.6. The number of anilines is 1. The predicted molar refractivity (Wildman–Crippen MR) is 168 cm³/mol. The number of esters is 1. The van der Waals surface area contributed by atoms with E-state index in [1.165, 1.54) is 44.2 Å². The van der Waals surface area contributed by atoms with Crippen LogP contribution in [0.15, 0.2) is 23.3 Å². The number of nitro groups is 2. The van der Waals surface area contributed by atoms with Crippen LogP contribution in [-0.2, 0) is 9.53 Å². The van der Waals surface area contributed by atoms with Gasteiger partial charge in [0.2, 0.25) is 0 Å². The molecule has 10 nitrogen and oxygen atoms in total. The number of non-ortho nitro benzene ring substituents is 1. The highest BCUT2D eigenvalue weighted by atomic mass is 16.6. The zero-order valence-electron chi connectivity index (χ0n) is 26.8. The van der Waals surface area contributed by atoms with Gasteiger partial charge in [-0.05, 0) is 92.4 Å². The summed E-state index contributed by atoms with van der Waals surface area (Å²) >= 11 is 0. The van der Waals surface area contributed by atoms with Gasteiger partial charge >= 0.3 is 11.7 Å². The van der Waals surface area contributed by atoms with E-state index in [4.69, 9.17) is 9.84 Å². The summed E-state index contributed by atoms with van der Waals surface area (Å²) in [4.78, 5) is 34.6. The van der Waals surface area contributed by atoms with E-state index >= 15 is 0 Å². The number of nitro benzene ring substituents is 2. The number of hydrazone groups is 1. The minimum Gasteiger partial charge on any atom is -0.466 e. The van der Waals surface area contributed by atoms with Gasteiger partial charge in [0.05, 0.1) is 28.9 Å². The maximum Gasteiger partial charge on any atom is 0.306 e. The average molecular weight is 599 g/mol. The van der Waals surface area contributed by atoms with E-state index < -0.39 is 20.9 Å². The molecule has 0 spiro atoms. The van der Waals surface area contributed by atoms with E-state index in [0.29, 0.717) is 36.2 Å². The normalized spacial score (nSPS) is 31.7. The zero-order valence-corrected chi connectivity index (χ0v) is 26.8. The highest BCUT2D eigenvalue weighted by molar-refractivity contribution is 5.94. The van der Waals surface area contributed by atoms with Gasteiger partial charge in [0.1, 0.15) is 5.69 Å². The number of carbonyl (C=O) groups is 1. The summed E-state index contributed by atoms with van der Waals surface area (Å²) in [5.74, 6) is 3.27. The molecule has 3 aliphatic rings. The van der Waals surface area contributed by atoms with E-state index in [1.54, 1.807) is 6.92 Å². The second-order valence-corrected chi connectivity index (χ2v) is 14.2. The quantitative estimate of drug-likeness (QED) is 0.144. The van der Waals surface area contributed by atoms with Crippen LogP contribution in [0.2, 0.25) is 0 Å². The molecule has 0 radical (unpaired) electrons. The van der Waals surface area contributed by atoms with Crippen LogP contribution < -0.4 is 5.43 Å². The first kappa shape index (κ1) is 32.9. The van der Waals surface area contributed by atoms with E-state index in [0.717, 1.165) is 42.9 Å². The van der Waals surface area contributed by atoms with Crippen LogP contribution in [0.25, 0.3) is 0 Å². The van der Waals surface area contributed by atoms with Gasteiger partial charge < -0.3 is 4.74 Å². The van der Waals surface area contributed by atoms with Gasteiger partial charge in [-0.15, -0.1) is 0 Å². The summed E-state index contributed by atoms with van der Waals surface area (Å²) in [7, 11) is 0. The monoisotopic (exact) mass is 598 g/mol. The maximum absolute atomic E-state index is 13.0. The van der Waals surface area contributed by atoms with E-state index in [-0.39, 0.29) is 29.7 Å². The van der Waals surface area contributed by atoms with Gasteiger partial charge in [-0.2, -0.15) is 5.10 Å². The van der Waals surface area contributed by atoms with Crippen molar-refractivity contribution in [1.82, 2.24) is 0 Å². The highest BCUT2D eigenvalue weighted by Gasteiger charge is 2.60. The van der Waals surface area contributed by atoms with Crippen molar-refractivity contribution in [2.45, 2.75) is 106 Å². The van der Waals surface area contributed by atoms with Crippen LogP contribution in [0.4, 0.5) is 17.1 Å². The van der Waals surface area contributed by atoms with Gasteiger partial charge in [0, 0.05) is 17.2 Å². The smallest absolute Gasteiger partial charge is 0.306 e. The van der Waals surface area contributed by atoms with Crippen LogP contribution in [0, 0.1) is 66.6 Å². The molecule has 0 aromatic heterocycles. The molecule has 4 rings (SSSR count). The van der Waals surface area contributed by atoms with Crippen LogP contribution in [0.5, 0.6) is 0 Å². The van der Waals surface area contributed by atoms with Gasteiger partial charge in [-0.3, -0.25) is 30.4 Å². The molecule has 1 aromatic rings. The van der Waals surface area contributed by atoms with Crippen LogP contribution in [0.1, 0.15) is 106 Å². The van der Waals surface area contributed by atoms with E-state index in [9.17, 15) is 25.0 Å². The molecule has 7 atom stereocenters. The molecule has 0 amide bonds. The molecule has 1 N–H and O–H groups in total. The Hall–Kier alpha value is -3.04. The number of nitrogens with one attached hydrogen (secondary N) is 1. The topological polar surface area (TPSA) is 137 Å². The molecule has 43 heavy (non-hydrogen) atoms. The summed E-state index contributed by atoms with van der Waals surface area (Å²) in [6.45, 7) is 13.8. The zero-order chi connectivity index (χ0) is 31.5. The molecule has 3 saturated carbocycles. The van der Waals surface area contributed by atoms with Crippen molar-refractivity contribution in [3.8, 4) is 0 Å². The molecular formula is C33H50N4O6. The van der Waals surface area contributed by atoms with Crippen molar-refractivity contribution in [2.75, 3.05) is 12.0 Å². The molecule has 1 aromatic carbocycles. The predicted octanol–water partition coefficient (Wildman–Crippen LogP) is 8.55. The number of hydrogen-bond donors (Lipinski definition) is 1. The number of fused-ring (bicyclic) bond motifs is 3. The number of rotatable bonds is 12. The Kier molecular flexibility index (Phi) is 10.2. The Morgan fingerprint density at radius 2 is 1.81 bits per heavy atom. The highest BCUT2D eigenvalue weighted by Crippen LogP contribution is 2.66. The molecule has 7 unspecified atom stereocenters. The van der Waals surface area contributed by atoms with Crippen molar-refractivity contribution in [1.29, 1.82) is 0 Å². The van der Waals surface area contributed by atoms with Crippen LogP contribution >= 0.6 is 0 Å². The lowest BCUT2D eigenvalue weighted by molar-refractivity contribution is -0.393. The van der Waals surface area contributed by atoms with Crippen molar-refractivity contribution >= 4 is 28.7 Å². The summed E-state index contributed by atoms with van der Waals surface area (Å²) < 4.78 is 5.43. The summed E-state index contributed by atoms with van der Waals surface area (Å²) in [5.41, 5.74) is 2.74. The number of benzene rings is 1. The third-order valence-electron chi connectivity index (χ3n) is 11.3. The minimum atomic E-state index is -0.656. The largest absolute Gasteiger partial charge is 0.466 e. The van der Waals surface area contributed by atoms with Gasteiger partial charge in [0.25, 0.3) is 5.69 Å². The average Bonchev–Trinajstić information content (AvgIpc) is 3.29. The third-order valence-corrected chi connectivity index (χ3v) is 11.3. The number of hydrogen-bond acceptors (Lipinski definition) is 8. The third kappa shape index (κ3) is 6.73. The fraction of sp³-hybridized carbons (Fsp3) is 0.758. The minimum absolute atomic E-state index is 0.0880. The maximum atomic E-state index is 13.0. The van der Waals surface area contributed by atoms with E-state index in [1.807, 2.05) is 0 Å². The first-order chi connectivity index (χ1) is 20.3. The number of nitrogens with zero attached hydrogens (tertiary/aromatic N) is 3. The van der Waals surface area contributed by atoms with Crippen LogP contribution in [0.3, 0.4) is 0 Å². The number of carbonyl (C=O) groups excluding carboxylic acids is 1. The standard InChI is InChI=1S/C33H50N4O6/c1-7-43-31(38)20-33(6)27-17-18-32(5)25(22(4)10-8-9-21(2)3)13-14-26(32)24(27)12-16-30(33)35-34-28-15-11-23(36(39)40)19-29(28)37(41)42/h11,15,19,21-22,24-27,34H,7-10,12-14,16-18,20H2,1-6H3/b35-30+. The second-order valence-electron chi connectivity index (χ2n) is 14.2. The van der Waals surface area contributed by atoms with Gasteiger partial charge in [-0.1, -0.05) is 53.9 Å². The Morgan fingerprint density at radius 1 is 1.07 bits per heavy atom. The first-order valence-electron chi connectivity index (χ1n) is 16.2. The van der Waals surface area contributed by atoms with Gasteiger partial charge in [0.15, 0.2) is 0 Å². The first-order valence-corrected chi connectivity index (χ1v) is 16.2. The second kappa shape index (κ2) is 13.3. The summed E-state index contributed by atoms with van der Waals surface area (Å²) in [6.07, 6.45) is 10.4. The molecule has 3 aliphatic carbocycles. The molecule has 3 fully saturated rings. The van der Waals surface area contributed by atoms with Crippen molar-refractivity contribution in [2.24, 2.45) is 51.4 Å². The fourth-order valence-electron chi connectivity index (χ4n) is 9.24. The van der Waals surface area contributed by atoms with Crippen LogP contribution in [-0.4, -0.2) is 28.1 Å². The van der Waals surface area contributed by atoms with Crippen molar-refractivity contribution in [3.63, 3.8) is 0 Å². The van der Waals surface area contributed by atoms with Crippen molar-refractivity contribution < 1.29 is 19.4 Å². The lowest BCUT2D eigenvalue weighted by Crippen LogP contribution is -2.53. The fourth-order valence-corrected chi connectivity index (χ4v) is 9.24. The molecule has 0 heterocycles. The lowest BCUT2D eigenvalue weighted by atomic mass is 9.47. The van der Waals surface area contributed by atoms with E-state index in [2.05, 4.69) is 40.0 Å². The van der Waals surface area contributed by atoms with Gasteiger partial charge in [-0.25, -0.2) is 0 Å². The number of ether oxygens (including phenoxy) is 1. The summed E-state index contributed by atoms with van der Waals surface area (Å²) in [6, 6.07) is 3.49. The Labute approximate surface area is 255 Å². The van der Waals surface area contributed by atoms with Crippen molar-refractivity contribution in [3.05, 3.63) is 38.4 Å². The SMILES string of the molecule is CCOC(=O)CC1(C)/C(=N/Nc2ccc([N+](=O)[O-])cc2[N+](=O)[O-])CCC2C1CCC1(C)C(C(C)CCCC(C)C)CCC21.